The number of rotatable bonds is 5. The second-order valence-electron chi connectivity index (χ2n) is 4.66. The summed E-state index contributed by atoms with van der Waals surface area (Å²) in [5, 5.41) is 11.0. The SMILES string of the molecule is Cn1cc(C(N)=O)c(NCc2nc(-c3ccccc3)no2)n1. The Morgan fingerprint density at radius 3 is 2.86 bits per heavy atom. The number of primary amides is 1. The molecule has 0 radical (unpaired) electrons. The molecule has 0 fully saturated rings. The van der Waals surface area contributed by atoms with Gasteiger partial charge in [0.25, 0.3) is 5.91 Å². The van der Waals surface area contributed by atoms with Gasteiger partial charge in [-0.15, -0.1) is 0 Å². The number of nitrogens with zero attached hydrogens (tertiary/aromatic N) is 4. The second kappa shape index (κ2) is 5.68. The van der Waals surface area contributed by atoms with E-state index in [1.807, 2.05) is 30.3 Å². The number of anilines is 1. The molecule has 0 aliphatic heterocycles. The molecule has 8 nitrogen and oxygen atoms in total. The molecule has 3 aromatic rings. The first kappa shape index (κ1) is 13.8. The van der Waals surface area contributed by atoms with Gasteiger partial charge >= 0.3 is 0 Å². The number of amides is 1. The number of hydrogen-bond acceptors (Lipinski definition) is 6. The summed E-state index contributed by atoms with van der Waals surface area (Å²) in [7, 11) is 1.71. The minimum absolute atomic E-state index is 0.247. The largest absolute Gasteiger partial charge is 0.365 e. The van der Waals surface area contributed by atoms with Gasteiger partial charge in [-0.25, -0.2) is 0 Å². The van der Waals surface area contributed by atoms with Crippen molar-refractivity contribution in [2.75, 3.05) is 5.32 Å². The van der Waals surface area contributed by atoms with Gasteiger partial charge in [-0.05, 0) is 0 Å². The van der Waals surface area contributed by atoms with Crippen LogP contribution >= 0.6 is 0 Å². The highest BCUT2D eigenvalue weighted by Crippen LogP contribution is 2.16. The molecule has 0 aliphatic carbocycles. The fourth-order valence-corrected chi connectivity index (χ4v) is 1.99. The summed E-state index contributed by atoms with van der Waals surface area (Å²) >= 11 is 0. The molecule has 2 aromatic heterocycles. The van der Waals surface area contributed by atoms with Crippen molar-refractivity contribution >= 4 is 11.7 Å². The molecule has 1 aromatic carbocycles. The summed E-state index contributed by atoms with van der Waals surface area (Å²) in [6.07, 6.45) is 1.55. The molecule has 0 atom stereocenters. The van der Waals surface area contributed by atoms with Gasteiger partial charge < -0.3 is 15.6 Å². The molecule has 0 saturated heterocycles. The third-order valence-corrected chi connectivity index (χ3v) is 3.00. The Kier molecular flexibility index (Phi) is 3.57. The van der Waals surface area contributed by atoms with Crippen LogP contribution in [0.4, 0.5) is 5.82 Å². The van der Waals surface area contributed by atoms with Crippen LogP contribution in [0.15, 0.2) is 41.1 Å². The average molecular weight is 298 g/mol. The normalized spacial score (nSPS) is 10.6. The molecule has 22 heavy (non-hydrogen) atoms. The Morgan fingerprint density at radius 2 is 2.14 bits per heavy atom. The molecular formula is C14H14N6O2. The predicted molar refractivity (Wildman–Crippen MR) is 78.8 cm³/mol. The van der Waals surface area contributed by atoms with Crippen molar-refractivity contribution in [1.82, 2.24) is 19.9 Å². The molecule has 0 saturated carbocycles. The smallest absolute Gasteiger partial charge is 0.254 e. The van der Waals surface area contributed by atoms with E-state index in [4.69, 9.17) is 10.3 Å². The lowest BCUT2D eigenvalue weighted by atomic mass is 10.2. The van der Waals surface area contributed by atoms with Crippen molar-refractivity contribution in [3.05, 3.63) is 48.0 Å². The summed E-state index contributed by atoms with van der Waals surface area (Å²) in [4.78, 5) is 15.6. The lowest BCUT2D eigenvalue weighted by Crippen LogP contribution is -2.13. The van der Waals surface area contributed by atoms with Crippen LogP contribution in [0.3, 0.4) is 0 Å². The van der Waals surface area contributed by atoms with Gasteiger partial charge in [-0.2, -0.15) is 10.1 Å². The highest BCUT2D eigenvalue weighted by molar-refractivity contribution is 5.97. The topological polar surface area (TPSA) is 112 Å². The molecule has 3 rings (SSSR count). The van der Waals surface area contributed by atoms with Crippen LogP contribution in [-0.4, -0.2) is 25.8 Å². The van der Waals surface area contributed by atoms with Crippen LogP contribution in [-0.2, 0) is 13.6 Å². The maximum atomic E-state index is 11.3. The lowest BCUT2D eigenvalue weighted by Gasteiger charge is -2.00. The third kappa shape index (κ3) is 2.80. The van der Waals surface area contributed by atoms with Crippen LogP contribution in [0.2, 0.25) is 0 Å². The van der Waals surface area contributed by atoms with E-state index in [9.17, 15) is 4.79 Å². The Morgan fingerprint density at radius 1 is 1.36 bits per heavy atom. The maximum Gasteiger partial charge on any atom is 0.254 e. The average Bonchev–Trinajstić information content (AvgIpc) is 3.12. The van der Waals surface area contributed by atoms with Gasteiger partial charge in [-0.3, -0.25) is 9.48 Å². The number of carbonyl (C=O) groups excluding carboxylic acids is 1. The van der Waals surface area contributed by atoms with Crippen molar-refractivity contribution < 1.29 is 9.32 Å². The van der Waals surface area contributed by atoms with Crippen molar-refractivity contribution in [3.63, 3.8) is 0 Å². The Labute approximate surface area is 125 Å². The van der Waals surface area contributed by atoms with Gasteiger partial charge in [0, 0.05) is 18.8 Å². The molecule has 8 heteroatoms. The fraction of sp³-hybridized carbons (Fsp3) is 0.143. The quantitative estimate of drug-likeness (QED) is 0.731. The van der Waals surface area contributed by atoms with Crippen LogP contribution in [0.25, 0.3) is 11.4 Å². The van der Waals surface area contributed by atoms with Crippen LogP contribution < -0.4 is 11.1 Å². The lowest BCUT2D eigenvalue weighted by molar-refractivity contribution is 0.100. The van der Waals surface area contributed by atoms with Crippen molar-refractivity contribution in [1.29, 1.82) is 0 Å². The zero-order valence-corrected chi connectivity index (χ0v) is 11.9. The van der Waals surface area contributed by atoms with E-state index in [-0.39, 0.29) is 6.54 Å². The Balaban J connectivity index is 1.73. The van der Waals surface area contributed by atoms with E-state index in [0.29, 0.717) is 23.1 Å². The van der Waals surface area contributed by atoms with Crippen molar-refractivity contribution in [2.45, 2.75) is 6.54 Å². The molecule has 2 heterocycles. The summed E-state index contributed by atoms with van der Waals surface area (Å²) < 4.78 is 6.68. The van der Waals surface area contributed by atoms with E-state index < -0.39 is 5.91 Å². The monoisotopic (exact) mass is 298 g/mol. The van der Waals surface area contributed by atoms with E-state index in [0.717, 1.165) is 5.56 Å². The number of benzene rings is 1. The van der Waals surface area contributed by atoms with Gasteiger partial charge in [-0.1, -0.05) is 35.5 Å². The minimum Gasteiger partial charge on any atom is -0.365 e. The first-order chi connectivity index (χ1) is 10.6. The maximum absolute atomic E-state index is 11.3. The molecular weight excluding hydrogens is 284 g/mol. The Bertz CT molecular complexity index is 793. The first-order valence-electron chi connectivity index (χ1n) is 6.59. The fourth-order valence-electron chi connectivity index (χ4n) is 1.99. The van der Waals surface area contributed by atoms with Crippen LogP contribution in [0, 0.1) is 0 Å². The van der Waals surface area contributed by atoms with E-state index >= 15 is 0 Å². The second-order valence-corrected chi connectivity index (χ2v) is 4.66. The number of nitrogens with one attached hydrogen (secondary N) is 1. The molecule has 1 amide bonds. The summed E-state index contributed by atoms with van der Waals surface area (Å²) in [6.45, 7) is 0.247. The van der Waals surface area contributed by atoms with Gasteiger partial charge in [0.1, 0.15) is 5.56 Å². The minimum atomic E-state index is -0.550. The number of nitrogens with two attached hydrogens (primary N) is 1. The van der Waals surface area contributed by atoms with Crippen LogP contribution in [0.5, 0.6) is 0 Å². The highest BCUT2D eigenvalue weighted by atomic mass is 16.5. The number of hydrogen-bond donors (Lipinski definition) is 2. The van der Waals surface area contributed by atoms with E-state index in [1.54, 1.807) is 13.2 Å². The zero-order valence-electron chi connectivity index (χ0n) is 11.9. The zero-order chi connectivity index (χ0) is 15.5. The Hall–Kier alpha value is -3.16. The molecule has 112 valence electrons. The standard InChI is InChI=1S/C14H14N6O2/c1-20-8-10(12(15)21)14(18-20)16-7-11-17-13(19-22-11)9-5-3-2-4-6-9/h2-6,8H,7H2,1H3,(H2,15,21)(H,16,18). The van der Waals surface area contributed by atoms with E-state index in [1.165, 1.54) is 4.68 Å². The molecule has 0 spiro atoms. The third-order valence-electron chi connectivity index (χ3n) is 3.00. The van der Waals surface area contributed by atoms with Crippen molar-refractivity contribution in [3.8, 4) is 11.4 Å². The number of carbonyl (C=O) groups is 1. The summed E-state index contributed by atoms with van der Waals surface area (Å²) in [5.41, 5.74) is 6.47. The predicted octanol–water partition coefficient (Wildman–Crippen LogP) is 1.18. The summed E-state index contributed by atoms with van der Waals surface area (Å²) in [5.74, 6) is 0.731. The molecule has 0 unspecified atom stereocenters. The van der Waals surface area contributed by atoms with Crippen molar-refractivity contribution in [2.24, 2.45) is 12.8 Å². The van der Waals surface area contributed by atoms with Gasteiger partial charge in [0.2, 0.25) is 11.7 Å². The molecule has 0 bridgehead atoms. The van der Waals surface area contributed by atoms with Gasteiger partial charge in [0.15, 0.2) is 5.82 Å². The molecule has 3 N–H and O–H groups in total. The van der Waals surface area contributed by atoms with E-state index in [2.05, 4.69) is 20.6 Å². The number of aromatic nitrogens is 4. The highest BCUT2D eigenvalue weighted by Gasteiger charge is 2.14. The molecule has 0 aliphatic rings. The van der Waals surface area contributed by atoms with Gasteiger partial charge in [0.05, 0.1) is 6.54 Å². The first-order valence-corrected chi connectivity index (χ1v) is 6.59. The number of aryl methyl sites for hydroxylation is 1. The van der Waals surface area contributed by atoms with Crippen LogP contribution in [0.1, 0.15) is 16.2 Å². The summed E-state index contributed by atoms with van der Waals surface area (Å²) in [6, 6.07) is 9.50.